The highest BCUT2D eigenvalue weighted by atomic mass is 19.1. The molecule has 2 heterocycles. The molecule has 0 radical (unpaired) electrons. The molecule has 8 heteroatoms. The Morgan fingerprint density at radius 1 is 1.03 bits per heavy atom. The first-order valence-electron chi connectivity index (χ1n) is 10.6. The number of carbonyl (C=O) groups excluding carboxylic acids is 1. The number of hydrogen-bond acceptors (Lipinski definition) is 6. The van der Waals surface area contributed by atoms with Crippen LogP contribution in [0.25, 0.3) is 0 Å². The second-order valence-electron chi connectivity index (χ2n) is 7.62. The van der Waals surface area contributed by atoms with Crippen molar-refractivity contribution in [2.24, 2.45) is 0 Å². The summed E-state index contributed by atoms with van der Waals surface area (Å²) in [5, 5.41) is 2.96. The molecule has 2 aromatic carbocycles. The second kappa shape index (κ2) is 9.64. The van der Waals surface area contributed by atoms with Gasteiger partial charge in [0.15, 0.2) is 0 Å². The van der Waals surface area contributed by atoms with E-state index in [0.717, 1.165) is 5.56 Å². The van der Waals surface area contributed by atoms with Gasteiger partial charge in [-0.25, -0.2) is 9.37 Å². The molecule has 1 aliphatic rings. The van der Waals surface area contributed by atoms with Crippen LogP contribution in [0.3, 0.4) is 0 Å². The first kappa shape index (κ1) is 21.5. The Labute approximate surface area is 186 Å². The maximum atomic E-state index is 14.1. The summed E-state index contributed by atoms with van der Waals surface area (Å²) >= 11 is 0. The Bertz CT molecular complexity index is 1070. The number of anilines is 2. The van der Waals surface area contributed by atoms with Gasteiger partial charge in [-0.2, -0.15) is 4.98 Å². The minimum Gasteiger partial charge on any atom is -0.480 e. The number of benzene rings is 2. The molecular weight excluding hydrogens is 409 g/mol. The van der Waals surface area contributed by atoms with E-state index in [2.05, 4.69) is 15.3 Å². The van der Waals surface area contributed by atoms with Gasteiger partial charge in [0.25, 0.3) is 5.91 Å². The molecule has 1 saturated heterocycles. The summed E-state index contributed by atoms with van der Waals surface area (Å²) in [6.45, 7) is 4.47. The van der Waals surface area contributed by atoms with Crippen molar-refractivity contribution in [2.75, 3.05) is 43.1 Å². The zero-order valence-electron chi connectivity index (χ0n) is 18.2. The Kier molecular flexibility index (Phi) is 6.49. The smallest absolute Gasteiger partial charge is 0.258 e. The fraction of sp³-hybridized carbons (Fsp3) is 0.292. The SMILES string of the molecule is COc1nc(N2CCN(c3ccccc3F)CC2)ncc1C(=O)N[C@H](C)c1ccccc1. The third kappa shape index (κ3) is 4.64. The van der Waals surface area contributed by atoms with Gasteiger partial charge in [-0.15, -0.1) is 0 Å². The lowest BCUT2D eigenvalue weighted by Crippen LogP contribution is -2.47. The van der Waals surface area contributed by atoms with Gasteiger partial charge in [0.1, 0.15) is 11.4 Å². The number of nitrogens with zero attached hydrogens (tertiary/aromatic N) is 4. The van der Waals surface area contributed by atoms with Gasteiger partial charge in [-0.05, 0) is 24.6 Å². The van der Waals surface area contributed by atoms with Crippen LogP contribution in [-0.2, 0) is 0 Å². The molecule has 1 N–H and O–H groups in total. The number of aromatic nitrogens is 2. The van der Waals surface area contributed by atoms with Gasteiger partial charge in [0, 0.05) is 32.4 Å². The van der Waals surface area contributed by atoms with E-state index in [1.807, 2.05) is 53.1 Å². The third-order valence-electron chi connectivity index (χ3n) is 5.58. The lowest BCUT2D eigenvalue weighted by atomic mass is 10.1. The molecule has 166 valence electrons. The maximum Gasteiger partial charge on any atom is 0.258 e. The van der Waals surface area contributed by atoms with Crippen LogP contribution in [0, 0.1) is 5.82 Å². The summed E-state index contributed by atoms with van der Waals surface area (Å²) in [6.07, 6.45) is 1.50. The second-order valence-corrected chi connectivity index (χ2v) is 7.62. The van der Waals surface area contributed by atoms with Crippen LogP contribution in [0.15, 0.2) is 60.8 Å². The number of para-hydroxylation sites is 1. The summed E-state index contributed by atoms with van der Waals surface area (Å²) in [4.78, 5) is 25.7. The van der Waals surface area contributed by atoms with Gasteiger partial charge in [0.2, 0.25) is 11.8 Å². The van der Waals surface area contributed by atoms with Gasteiger partial charge >= 0.3 is 0 Å². The van der Waals surface area contributed by atoms with Crippen LogP contribution in [0.4, 0.5) is 16.0 Å². The van der Waals surface area contributed by atoms with E-state index in [-0.39, 0.29) is 29.2 Å². The van der Waals surface area contributed by atoms with E-state index in [4.69, 9.17) is 4.74 Å². The molecular formula is C24H26FN5O2. The third-order valence-corrected chi connectivity index (χ3v) is 5.58. The number of piperazine rings is 1. The maximum absolute atomic E-state index is 14.1. The minimum atomic E-state index is -0.297. The van der Waals surface area contributed by atoms with Crippen LogP contribution < -0.4 is 19.9 Å². The Balaban J connectivity index is 1.43. The number of methoxy groups -OCH3 is 1. The highest BCUT2D eigenvalue weighted by molar-refractivity contribution is 5.96. The molecule has 3 aromatic rings. The largest absolute Gasteiger partial charge is 0.480 e. The molecule has 32 heavy (non-hydrogen) atoms. The first-order chi connectivity index (χ1) is 15.6. The van der Waals surface area contributed by atoms with Crippen LogP contribution in [-0.4, -0.2) is 49.2 Å². The topological polar surface area (TPSA) is 70.6 Å². The summed E-state index contributed by atoms with van der Waals surface area (Å²) < 4.78 is 19.5. The van der Waals surface area contributed by atoms with Crippen molar-refractivity contribution in [2.45, 2.75) is 13.0 Å². The van der Waals surface area contributed by atoms with Crippen molar-refractivity contribution in [3.8, 4) is 5.88 Å². The zero-order chi connectivity index (χ0) is 22.5. The molecule has 0 spiro atoms. The number of carbonyl (C=O) groups is 1. The predicted molar refractivity (Wildman–Crippen MR) is 122 cm³/mol. The number of rotatable bonds is 6. The molecule has 1 amide bonds. The van der Waals surface area contributed by atoms with E-state index < -0.39 is 0 Å². The normalized spacial score (nSPS) is 14.7. The monoisotopic (exact) mass is 435 g/mol. The van der Waals surface area contributed by atoms with E-state index in [1.54, 1.807) is 12.1 Å². The van der Waals surface area contributed by atoms with Crippen molar-refractivity contribution in [3.63, 3.8) is 0 Å². The van der Waals surface area contributed by atoms with E-state index in [9.17, 15) is 9.18 Å². The molecule has 1 aromatic heterocycles. The molecule has 0 aliphatic carbocycles. The van der Waals surface area contributed by atoms with Crippen molar-refractivity contribution >= 4 is 17.5 Å². The van der Waals surface area contributed by atoms with Crippen LogP contribution in [0.5, 0.6) is 5.88 Å². The summed E-state index contributed by atoms with van der Waals surface area (Å²) in [5.74, 6) is 0.195. The zero-order valence-corrected chi connectivity index (χ0v) is 18.2. The van der Waals surface area contributed by atoms with E-state index in [0.29, 0.717) is 37.8 Å². The van der Waals surface area contributed by atoms with Gasteiger partial charge < -0.3 is 19.9 Å². The van der Waals surface area contributed by atoms with Crippen LogP contribution in [0.2, 0.25) is 0 Å². The summed E-state index contributed by atoms with van der Waals surface area (Å²) in [5.41, 5.74) is 1.89. The first-order valence-corrected chi connectivity index (χ1v) is 10.6. The van der Waals surface area contributed by atoms with E-state index >= 15 is 0 Å². The van der Waals surface area contributed by atoms with Crippen molar-refractivity contribution in [3.05, 3.63) is 77.7 Å². The quantitative estimate of drug-likeness (QED) is 0.640. The molecule has 1 aliphatic heterocycles. The van der Waals surface area contributed by atoms with Crippen molar-refractivity contribution in [1.29, 1.82) is 0 Å². The minimum absolute atomic E-state index is 0.167. The number of halogens is 1. The molecule has 1 fully saturated rings. The standard InChI is InChI=1S/C24H26FN5O2/c1-17(18-8-4-3-5-9-18)27-22(31)19-16-26-24(28-23(19)32-2)30-14-12-29(13-15-30)21-11-7-6-10-20(21)25/h3-11,16-17H,12-15H2,1-2H3,(H,27,31)/t17-/m1/s1. The van der Waals surface area contributed by atoms with Gasteiger partial charge in [-0.1, -0.05) is 42.5 Å². The number of ether oxygens (including phenoxy) is 1. The van der Waals surface area contributed by atoms with Gasteiger partial charge in [-0.3, -0.25) is 4.79 Å². The Hall–Kier alpha value is -3.68. The number of nitrogens with one attached hydrogen (secondary N) is 1. The lowest BCUT2D eigenvalue weighted by molar-refractivity contribution is 0.0935. The fourth-order valence-electron chi connectivity index (χ4n) is 3.78. The molecule has 7 nitrogen and oxygen atoms in total. The van der Waals surface area contributed by atoms with E-state index in [1.165, 1.54) is 19.4 Å². The number of amides is 1. The fourth-order valence-corrected chi connectivity index (χ4v) is 3.78. The molecule has 4 rings (SSSR count). The van der Waals surface area contributed by atoms with Crippen molar-refractivity contribution in [1.82, 2.24) is 15.3 Å². The average Bonchev–Trinajstić information content (AvgIpc) is 2.84. The molecule has 0 saturated carbocycles. The Morgan fingerprint density at radius 2 is 1.69 bits per heavy atom. The highest BCUT2D eigenvalue weighted by Crippen LogP contribution is 2.24. The van der Waals surface area contributed by atoms with Crippen LogP contribution >= 0.6 is 0 Å². The average molecular weight is 436 g/mol. The Morgan fingerprint density at radius 3 is 2.38 bits per heavy atom. The van der Waals surface area contributed by atoms with Crippen molar-refractivity contribution < 1.29 is 13.9 Å². The molecule has 1 atom stereocenters. The molecule has 0 bridgehead atoms. The lowest BCUT2D eigenvalue weighted by Gasteiger charge is -2.36. The summed E-state index contributed by atoms with van der Waals surface area (Å²) in [7, 11) is 1.49. The van der Waals surface area contributed by atoms with Crippen LogP contribution in [0.1, 0.15) is 28.9 Å². The highest BCUT2D eigenvalue weighted by Gasteiger charge is 2.24. The summed E-state index contributed by atoms with van der Waals surface area (Å²) in [6, 6.07) is 16.3. The predicted octanol–water partition coefficient (Wildman–Crippen LogP) is 3.44. The molecule has 0 unspecified atom stereocenters. The van der Waals surface area contributed by atoms with Gasteiger partial charge in [0.05, 0.1) is 18.8 Å². The number of hydrogen-bond donors (Lipinski definition) is 1.